The number of hydrogen-bond donors (Lipinski definition) is 2. The third-order valence-corrected chi connectivity index (χ3v) is 2.57. The van der Waals surface area contributed by atoms with Crippen molar-refractivity contribution in [3.8, 4) is 5.75 Å². The Morgan fingerprint density at radius 3 is 2.44 bits per heavy atom. The maximum Gasteiger partial charge on any atom is 0.262 e. The SMILES string of the molecule is O=C(Nc1ccc(Cl)cc1)c1c(O)cccc1F. The molecule has 0 unspecified atom stereocenters. The van der Waals surface area contributed by atoms with Crippen LogP contribution in [-0.2, 0) is 0 Å². The van der Waals surface area contributed by atoms with Crippen molar-refractivity contribution in [1.29, 1.82) is 0 Å². The number of carbonyl (C=O) groups excluding carboxylic acids is 1. The first-order valence-corrected chi connectivity index (χ1v) is 5.50. The topological polar surface area (TPSA) is 49.3 Å². The van der Waals surface area contributed by atoms with E-state index in [-0.39, 0.29) is 5.56 Å². The second-order valence-corrected chi connectivity index (χ2v) is 4.03. The van der Waals surface area contributed by atoms with E-state index >= 15 is 0 Å². The van der Waals surface area contributed by atoms with Gasteiger partial charge in [-0.2, -0.15) is 0 Å². The third-order valence-electron chi connectivity index (χ3n) is 2.32. The fraction of sp³-hybridized carbons (Fsp3) is 0. The molecular weight excluding hydrogens is 257 g/mol. The second kappa shape index (κ2) is 5.06. The van der Waals surface area contributed by atoms with E-state index in [1.807, 2.05) is 0 Å². The van der Waals surface area contributed by atoms with Gasteiger partial charge in [0.1, 0.15) is 17.1 Å². The number of nitrogens with one attached hydrogen (secondary N) is 1. The van der Waals surface area contributed by atoms with Gasteiger partial charge in [0.25, 0.3) is 5.91 Å². The number of carbonyl (C=O) groups is 1. The lowest BCUT2D eigenvalue weighted by atomic mass is 10.1. The van der Waals surface area contributed by atoms with Crippen LogP contribution in [0.15, 0.2) is 42.5 Å². The molecule has 0 fully saturated rings. The van der Waals surface area contributed by atoms with E-state index in [9.17, 15) is 14.3 Å². The highest BCUT2D eigenvalue weighted by Gasteiger charge is 2.16. The van der Waals surface area contributed by atoms with Gasteiger partial charge in [-0.1, -0.05) is 17.7 Å². The quantitative estimate of drug-likeness (QED) is 0.874. The van der Waals surface area contributed by atoms with E-state index in [4.69, 9.17) is 11.6 Å². The number of phenolic OH excluding ortho intramolecular Hbond substituents is 1. The lowest BCUT2D eigenvalue weighted by Crippen LogP contribution is -2.13. The monoisotopic (exact) mass is 265 g/mol. The maximum atomic E-state index is 13.4. The predicted octanol–water partition coefficient (Wildman–Crippen LogP) is 3.44. The highest BCUT2D eigenvalue weighted by molar-refractivity contribution is 6.30. The molecule has 0 spiro atoms. The number of anilines is 1. The fourth-order valence-electron chi connectivity index (χ4n) is 1.46. The molecule has 0 aliphatic heterocycles. The van der Waals surface area contributed by atoms with E-state index in [2.05, 4.69) is 5.32 Å². The van der Waals surface area contributed by atoms with E-state index in [0.717, 1.165) is 6.07 Å². The molecule has 18 heavy (non-hydrogen) atoms. The van der Waals surface area contributed by atoms with E-state index in [1.54, 1.807) is 24.3 Å². The molecule has 92 valence electrons. The molecule has 2 N–H and O–H groups in total. The predicted molar refractivity (Wildman–Crippen MR) is 67.5 cm³/mol. The van der Waals surface area contributed by atoms with Crippen LogP contribution >= 0.6 is 11.6 Å². The molecule has 0 atom stereocenters. The second-order valence-electron chi connectivity index (χ2n) is 3.59. The van der Waals surface area contributed by atoms with Crippen molar-refractivity contribution in [1.82, 2.24) is 0 Å². The Labute approximate surface area is 108 Å². The number of phenols is 1. The summed E-state index contributed by atoms with van der Waals surface area (Å²) in [6.07, 6.45) is 0. The molecule has 0 saturated carbocycles. The van der Waals surface area contributed by atoms with Crippen molar-refractivity contribution in [2.45, 2.75) is 0 Å². The standard InChI is InChI=1S/C13H9ClFNO2/c14-8-4-6-9(7-5-8)16-13(18)12-10(15)2-1-3-11(12)17/h1-7,17H,(H,16,18). The van der Waals surface area contributed by atoms with Crippen LogP contribution < -0.4 is 5.32 Å². The smallest absolute Gasteiger partial charge is 0.262 e. The summed E-state index contributed by atoms with van der Waals surface area (Å²) in [6, 6.07) is 10.0. The van der Waals surface area contributed by atoms with Gasteiger partial charge < -0.3 is 10.4 Å². The minimum absolute atomic E-state index is 0.382. The molecule has 0 heterocycles. The molecular formula is C13H9ClFNO2. The van der Waals surface area contributed by atoms with Crippen molar-refractivity contribution < 1.29 is 14.3 Å². The summed E-state index contributed by atoms with van der Waals surface area (Å²) < 4.78 is 13.4. The van der Waals surface area contributed by atoms with Crippen molar-refractivity contribution in [3.63, 3.8) is 0 Å². The highest BCUT2D eigenvalue weighted by Crippen LogP contribution is 2.21. The summed E-state index contributed by atoms with van der Waals surface area (Å²) in [5, 5.41) is 12.5. The van der Waals surface area contributed by atoms with Crippen LogP contribution in [0.2, 0.25) is 5.02 Å². The zero-order chi connectivity index (χ0) is 13.1. The molecule has 2 aromatic carbocycles. The van der Waals surface area contributed by atoms with E-state index in [0.29, 0.717) is 10.7 Å². The Balaban J connectivity index is 2.25. The molecule has 3 nitrogen and oxygen atoms in total. The fourth-order valence-corrected chi connectivity index (χ4v) is 1.59. The van der Waals surface area contributed by atoms with Crippen molar-refractivity contribution >= 4 is 23.2 Å². The first kappa shape index (κ1) is 12.4. The number of hydrogen-bond acceptors (Lipinski definition) is 2. The summed E-state index contributed by atoms with van der Waals surface area (Å²) in [5.74, 6) is -1.89. The first-order valence-electron chi connectivity index (χ1n) is 5.12. The van der Waals surface area contributed by atoms with Gasteiger partial charge in [0, 0.05) is 10.7 Å². The molecule has 5 heteroatoms. The normalized spacial score (nSPS) is 10.1. The van der Waals surface area contributed by atoms with E-state index in [1.165, 1.54) is 12.1 Å². The maximum absolute atomic E-state index is 13.4. The largest absolute Gasteiger partial charge is 0.507 e. The molecule has 1 amide bonds. The Bertz CT molecular complexity index is 564. The summed E-state index contributed by atoms with van der Waals surface area (Å²) in [7, 11) is 0. The first-order chi connectivity index (χ1) is 8.58. The third kappa shape index (κ3) is 2.60. The molecule has 2 aromatic rings. The Morgan fingerprint density at radius 1 is 1.17 bits per heavy atom. The van der Waals surface area contributed by atoms with Crippen LogP contribution in [0, 0.1) is 5.82 Å². The van der Waals surface area contributed by atoms with Crippen LogP contribution in [0.3, 0.4) is 0 Å². The number of rotatable bonds is 2. The lowest BCUT2D eigenvalue weighted by molar-refractivity contribution is 0.102. The molecule has 0 aromatic heterocycles. The average molecular weight is 266 g/mol. The molecule has 0 aliphatic carbocycles. The van der Waals surface area contributed by atoms with Crippen LogP contribution in [0.25, 0.3) is 0 Å². The number of halogens is 2. The van der Waals surface area contributed by atoms with Gasteiger partial charge in [0.15, 0.2) is 0 Å². The molecule has 0 saturated heterocycles. The summed E-state index contributed by atoms with van der Waals surface area (Å²) in [6.45, 7) is 0. The van der Waals surface area contributed by atoms with Gasteiger partial charge in [0.05, 0.1) is 0 Å². The highest BCUT2D eigenvalue weighted by atomic mass is 35.5. The minimum atomic E-state index is -0.776. The van der Waals surface area contributed by atoms with Crippen molar-refractivity contribution in [2.75, 3.05) is 5.32 Å². The molecule has 0 aliphatic rings. The summed E-state index contributed by atoms with van der Waals surface area (Å²) in [5.41, 5.74) is 0.0829. The zero-order valence-corrected chi connectivity index (χ0v) is 9.91. The average Bonchev–Trinajstić information content (AvgIpc) is 2.32. The molecule has 2 rings (SSSR count). The molecule has 0 radical (unpaired) electrons. The minimum Gasteiger partial charge on any atom is -0.507 e. The van der Waals surface area contributed by atoms with E-state index < -0.39 is 17.5 Å². The van der Waals surface area contributed by atoms with Crippen molar-refractivity contribution in [3.05, 3.63) is 58.9 Å². The van der Waals surface area contributed by atoms with Crippen LogP contribution in [0.5, 0.6) is 5.75 Å². The van der Waals surface area contributed by atoms with Crippen LogP contribution in [0.1, 0.15) is 10.4 Å². The Kier molecular flexibility index (Phi) is 3.48. The summed E-state index contributed by atoms with van der Waals surface area (Å²) >= 11 is 5.70. The number of amides is 1. The summed E-state index contributed by atoms with van der Waals surface area (Å²) in [4.78, 5) is 11.8. The molecule has 0 bridgehead atoms. The van der Waals surface area contributed by atoms with Gasteiger partial charge in [-0.25, -0.2) is 4.39 Å². The van der Waals surface area contributed by atoms with Gasteiger partial charge >= 0.3 is 0 Å². The Morgan fingerprint density at radius 2 is 1.83 bits per heavy atom. The van der Waals surface area contributed by atoms with Gasteiger partial charge in [0.2, 0.25) is 0 Å². The van der Waals surface area contributed by atoms with Gasteiger partial charge in [-0.05, 0) is 36.4 Å². The van der Waals surface area contributed by atoms with Gasteiger partial charge in [-0.3, -0.25) is 4.79 Å². The Hall–Kier alpha value is -2.07. The van der Waals surface area contributed by atoms with Crippen LogP contribution in [-0.4, -0.2) is 11.0 Å². The number of benzene rings is 2. The lowest BCUT2D eigenvalue weighted by Gasteiger charge is -2.07. The van der Waals surface area contributed by atoms with Gasteiger partial charge in [-0.15, -0.1) is 0 Å². The zero-order valence-electron chi connectivity index (χ0n) is 9.15. The van der Waals surface area contributed by atoms with Crippen molar-refractivity contribution in [2.24, 2.45) is 0 Å². The number of aromatic hydroxyl groups is 1. The van der Waals surface area contributed by atoms with Crippen LogP contribution in [0.4, 0.5) is 10.1 Å².